The van der Waals surface area contributed by atoms with Gasteiger partial charge in [-0.3, -0.25) is 4.79 Å². The van der Waals surface area contributed by atoms with Crippen molar-refractivity contribution in [3.05, 3.63) is 94.4 Å². The molecule has 4 heteroatoms. The molecule has 0 aliphatic carbocycles. The van der Waals surface area contributed by atoms with Crippen LogP contribution in [0.15, 0.2) is 65.1 Å². The quantitative estimate of drug-likeness (QED) is 0.583. The number of rotatable bonds is 6. The number of hydrogen-bond acceptors (Lipinski definition) is 3. The lowest BCUT2D eigenvalue weighted by Gasteiger charge is -2.20. The van der Waals surface area contributed by atoms with Gasteiger partial charge >= 0.3 is 0 Å². The Kier molecular flexibility index (Phi) is 6.47. The Balaban J connectivity index is 1.68. The van der Waals surface area contributed by atoms with E-state index in [1.807, 2.05) is 36.4 Å². The SMILES string of the molecule is Cc1ccc(C(C)(C)C)cc1Cc1ccc(C(=O)NC(C)C(O)c2ccccc2)o1. The molecule has 1 aromatic heterocycles. The zero-order chi connectivity index (χ0) is 21.9. The first kappa shape index (κ1) is 21.8. The summed E-state index contributed by atoms with van der Waals surface area (Å²) in [5.41, 5.74) is 4.50. The monoisotopic (exact) mass is 405 g/mol. The second kappa shape index (κ2) is 8.88. The zero-order valence-electron chi connectivity index (χ0n) is 18.4. The molecular weight excluding hydrogens is 374 g/mol. The molecule has 0 saturated carbocycles. The predicted octanol–water partition coefficient (Wildman–Crippen LogP) is 5.33. The van der Waals surface area contributed by atoms with E-state index >= 15 is 0 Å². The fourth-order valence-corrected chi connectivity index (χ4v) is 3.41. The van der Waals surface area contributed by atoms with E-state index in [2.05, 4.69) is 51.2 Å². The van der Waals surface area contributed by atoms with Crippen LogP contribution < -0.4 is 5.32 Å². The molecule has 0 aliphatic rings. The highest BCUT2D eigenvalue weighted by Crippen LogP contribution is 2.26. The first-order valence-electron chi connectivity index (χ1n) is 10.4. The molecule has 30 heavy (non-hydrogen) atoms. The number of furan rings is 1. The van der Waals surface area contributed by atoms with E-state index in [-0.39, 0.29) is 17.1 Å². The van der Waals surface area contributed by atoms with Gasteiger partial charge in [-0.25, -0.2) is 0 Å². The fourth-order valence-electron chi connectivity index (χ4n) is 3.41. The van der Waals surface area contributed by atoms with Crippen molar-refractivity contribution < 1.29 is 14.3 Å². The molecule has 0 aliphatic heterocycles. The van der Waals surface area contributed by atoms with Gasteiger partial charge in [0.2, 0.25) is 0 Å². The summed E-state index contributed by atoms with van der Waals surface area (Å²) < 4.78 is 5.82. The van der Waals surface area contributed by atoms with E-state index < -0.39 is 12.1 Å². The molecule has 3 aromatic rings. The highest BCUT2D eigenvalue weighted by Gasteiger charge is 2.21. The van der Waals surface area contributed by atoms with E-state index in [0.29, 0.717) is 6.42 Å². The average molecular weight is 406 g/mol. The molecule has 0 spiro atoms. The van der Waals surface area contributed by atoms with Gasteiger partial charge in [-0.1, -0.05) is 69.3 Å². The summed E-state index contributed by atoms with van der Waals surface area (Å²) in [4.78, 5) is 12.6. The number of aryl methyl sites for hydroxylation is 1. The third kappa shape index (κ3) is 5.19. The second-order valence-electron chi connectivity index (χ2n) is 8.95. The number of carbonyl (C=O) groups excluding carboxylic acids is 1. The van der Waals surface area contributed by atoms with Crippen LogP contribution in [-0.4, -0.2) is 17.1 Å². The third-order valence-corrected chi connectivity index (χ3v) is 5.44. The van der Waals surface area contributed by atoms with Crippen molar-refractivity contribution in [1.29, 1.82) is 0 Å². The summed E-state index contributed by atoms with van der Waals surface area (Å²) in [6.07, 6.45) is -0.155. The summed E-state index contributed by atoms with van der Waals surface area (Å²) in [5, 5.41) is 13.3. The molecule has 1 amide bonds. The number of aliphatic hydroxyl groups excluding tert-OH is 1. The number of hydrogen-bond donors (Lipinski definition) is 2. The van der Waals surface area contributed by atoms with Gasteiger partial charge in [-0.2, -0.15) is 0 Å². The van der Waals surface area contributed by atoms with E-state index in [4.69, 9.17) is 4.42 Å². The van der Waals surface area contributed by atoms with Crippen LogP contribution in [0.1, 0.15) is 72.4 Å². The van der Waals surface area contributed by atoms with Gasteiger partial charge in [0.15, 0.2) is 5.76 Å². The van der Waals surface area contributed by atoms with E-state index in [1.54, 1.807) is 13.0 Å². The Morgan fingerprint density at radius 3 is 2.43 bits per heavy atom. The largest absolute Gasteiger partial charge is 0.456 e. The van der Waals surface area contributed by atoms with Crippen molar-refractivity contribution in [3.8, 4) is 0 Å². The van der Waals surface area contributed by atoms with Crippen LogP contribution in [-0.2, 0) is 11.8 Å². The zero-order valence-corrected chi connectivity index (χ0v) is 18.4. The minimum absolute atomic E-state index is 0.0758. The summed E-state index contributed by atoms with van der Waals surface area (Å²) in [5.74, 6) is 0.663. The van der Waals surface area contributed by atoms with Crippen molar-refractivity contribution in [3.63, 3.8) is 0 Å². The van der Waals surface area contributed by atoms with Gasteiger partial charge in [0.1, 0.15) is 5.76 Å². The van der Waals surface area contributed by atoms with Gasteiger partial charge in [0, 0.05) is 6.42 Å². The van der Waals surface area contributed by atoms with Crippen molar-refractivity contribution in [2.75, 3.05) is 0 Å². The maximum absolute atomic E-state index is 12.6. The minimum atomic E-state index is -0.785. The molecule has 2 atom stereocenters. The maximum atomic E-state index is 12.6. The molecule has 3 rings (SSSR count). The minimum Gasteiger partial charge on any atom is -0.456 e. The molecule has 0 bridgehead atoms. The number of aliphatic hydroxyl groups is 1. The normalized spacial score (nSPS) is 13.7. The van der Waals surface area contributed by atoms with Gasteiger partial charge in [-0.15, -0.1) is 0 Å². The molecular formula is C26H31NO3. The lowest BCUT2D eigenvalue weighted by molar-refractivity contribution is 0.0824. The Morgan fingerprint density at radius 1 is 1.07 bits per heavy atom. The number of benzene rings is 2. The Bertz CT molecular complexity index is 999. The first-order valence-corrected chi connectivity index (χ1v) is 10.4. The van der Waals surface area contributed by atoms with Gasteiger partial charge < -0.3 is 14.8 Å². The molecule has 2 unspecified atom stereocenters. The number of carbonyl (C=O) groups is 1. The van der Waals surface area contributed by atoms with E-state index in [9.17, 15) is 9.90 Å². The van der Waals surface area contributed by atoms with Gasteiger partial charge in [-0.05, 0) is 53.6 Å². The van der Waals surface area contributed by atoms with Crippen molar-refractivity contribution >= 4 is 5.91 Å². The number of amides is 1. The highest BCUT2D eigenvalue weighted by molar-refractivity contribution is 5.91. The summed E-state index contributed by atoms with van der Waals surface area (Å²) >= 11 is 0. The van der Waals surface area contributed by atoms with Crippen molar-refractivity contribution in [2.24, 2.45) is 0 Å². The van der Waals surface area contributed by atoms with Crippen LogP contribution in [0.2, 0.25) is 0 Å². The molecule has 0 saturated heterocycles. The predicted molar refractivity (Wildman–Crippen MR) is 120 cm³/mol. The summed E-state index contributed by atoms with van der Waals surface area (Å²) in [6.45, 7) is 10.5. The standard InChI is InChI=1S/C26H31NO3/c1-17-11-12-21(26(3,4)5)15-20(17)16-22-13-14-23(30-22)25(29)27-18(2)24(28)19-9-7-6-8-10-19/h6-15,18,24,28H,16H2,1-5H3,(H,27,29). The van der Waals surface area contributed by atoms with Crippen LogP contribution in [0, 0.1) is 6.92 Å². The fraction of sp³-hybridized carbons (Fsp3) is 0.346. The molecule has 0 radical (unpaired) electrons. The van der Waals surface area contributed by atoms with Crippen LogP contribution in [0.3, 0.4) is 0 Å². The lowest BCUT2D eigenvalue weighted by atomic mass is 9.85. The lowest BCUT2D eigenvalue weighted by Crippen LogP contribution is -2.36. The Hall–Kier alpha value is -2.85. The average Bonchev–Trinajstić information content (AvgIpc) is 3.17. The van der Waals surface area contributed by atoms with E-state index in [0.717, 1.165) is 11.3 Å². The van der Waals surface area contributed by atoms with Crippen molar-refractivity contribution in [2.45, 2.75) is 58.6 Å². The molecule has 2 N–H and O–H groups in total. The first-order chi connectivity index (χ1) is 14.1. The third-order valence-electron chi connectivity index (χ3n) is 5.44. The summed E-state index contributed by atoms with van der Waals surface area (Å²) in [6, 6.07) is 18.9. The summed E-state index contributed by atoms with van der Waals surface area (Å²) in [7, 11) is 0. The van der Waals surface area contributed by atoms with Crippen molar-refractivity contribution in [1.82, 2.24) is 5.32 Å². The molecule has 2 aromatic carbocycles. The number of nitrogens with one attached hydrogen (secondary N) is 1. The Morgan fingerprint density at radius 2 is 1.77 bits per heavy atom. The van der Waals surface area contributed by atoms with E-state index in [1.165, 1.54) is 16.7 Å². The molecule has 1 heterocycles. The molecule has 4 nitrogen and oxygen atoms in total. The van der Waals surface area contributed by atoms with Crippen LogP contribution in [0.25, 0.3) is 0 Å². The maximum Gasteiger partial charge on any atom is 0.287 e. The molecule has 158 valence electrons. The smallest absolute Gasteiger partial charge is 0.287 e. The highest BCUT2D eigenvalue weighted by atomic mass is 16.4. The van der Waals surface area contributed by atoms with Crippen LogP contribution in [0.5, 0.6) is 0 Å². The molecule has 0 fully saturated rings. The van der Waals surface area contributed by atoms with Crippen LogP contribution >= 0.6 is 0 Å². The topological polar surface area (TPSA) is 62.5 Å². The second-order valence-corrected chi connectivity index (χ2v) is 8.95. The van der Waals surface area contributed by atoms with Gasteiger partial charge in [0.05, 0.1) is 12.1 Å². The Labute approximate surface area is 178 Å². The van der Waals surface area contributed by atoms with Crippen LogP contribution in [0.4, 0.5) is 0 Å². The van der Waals surface area contributed by atoms with Gasteiger partial charge in [0.25, 0.3) is 5.91 Å².